The predicted octanol–water partition coefficient (Wildman–Crippen LogP) is 2.20. The molecule has 0 aliphatic rings. The molecular weight excluding hydrogens is 268 g/mol. The number of carbonyl (C=O) groups is 2. The number of halogens is 1. The number of carboxylic acids is 1. The molecule has 19 heavy (non-hydrogen) atoms. The van der Waals surface area contributed by atoms with Crippen molar-refractivity contribution in [2.75, 3.05) is 13.6 Å². The van der Waals surface area contributed by atoms with Crippen LogP contribution in [0.4, 0.5) is 4.79 Å². The van der Waals surface area contributed by atoms with Crippen molar-refractivity contribution in [3.05, 3.63) is 34.9 Å². The van der Waals surface area contributed by atoms with Gasteiger partial charge in [0.15, 0.2) is 0 Å². The van der Waals surface area contributed by atoms with Crippen LogP contribution in [0.3, 0.4) is 0 Å². The molecule has 0 radical (unpaired) electrons. The molecule has 0 saturated heterocycles. The van der Waals surface area contributed by atoms with Gasteiger partial charge in [-0.05, 0) is 17.7 Å². The first-order valence-corrected chi connectivity index (χ1v) is 6.24. The smallest absolute Gasteiger partial charge is 0.317 e. The zero-order chi connectivity index (χ0) is 14.4. The molecule has 6 heteroatoms. The van der Waals surface area contributed by atoms with Crippen molar-refractivity contribution in [2.24, 2.45) is 5.92 Å². The van der Waals surface area contributed by atoms with Gasteiger partial charge in [-0.25, -0.2) is 4.79 Å². The van der Waals surface area contributed by atoms with E-state index in [1.54, 1.807) is 26.1 Å². The second-order valence-corrected chi connectivity index (χ2v) is 4.84. The summed E-state index contributed by atoms with van der Waals surface area (Å²) in [6, 6.07) is 6.84. The lowest BCUT2D eigenvalue weighted by Gasteiger charge is -2.20. The maximum Gasteiger partial charge on any atom is 0.317 e. The van der Waals surface area contributed by atoms with E-state index in [1.807, 2.05) is 12.1 Å². The number of hydrogen-bond donors (Lipinski definition) is 2. The monoisotopic (exact) mass is 284 g/mol. The van der Waals surface area contributed by atoms with Gasteiger partial charge in [0.05, 0.1) is 5.92 Å². The highest BCUT2D eigenvalue weighted by Crippen LogP contribution is 2.09. The quantitative estimate of drug-likeness (QED) is 0.871. The minimum absolute atomic E-state index is 0.168. The van der Waals surface area contributed by atoms with Gasteiger partial charge >= 0.3 is 12.0 Å². The summed E-state index contributed by atoms with van der Waals surface area (Å²) in [5, 5.41) is 12.1. The molecule has 104 valence electrons. The number of benzene rings is 1. The van der Waals surface area contributed by atoms with Crippen LogP contribution < -0.4 is 5.32 Å². The van der Waals surface area contributed by atoms with E-state index in [1.165, 1.54) is 4.90 Å². The number of nitrogens with one attached hydrogen (secondary N) is 1. The zero-order valence-electron chi connectivity index (χ0n) is 10.9. The fourth-order valence-electron chi connectivity index (χ4n) is 1.49. The largest absolute Gasteiger partial charge is 0.481 e. The Morgan fingerprint density at radius 3 is 2.47 bits per heavy atom. The Bertz CT molecular complexity index is 448. The van der Waals surface area contributed by atoms with Gasteiger partial charge in [0.25, 0.3) is 0 Å². The third-order valence-corrected chi connectivity index (χ3v) is 2.92. The SMILES string of the molecule is CC(CN(C)C(=O)NCc1ccc(Cl)cc1)C(=O)O. The summed E-state index contributed by atoms with van der Waals surface area (Å²) in [7, 11) is 1.57. The van der Waals surface area contributed by atoms with Crippen LogP contribution >= 0.6 is 11.6 Å². The van der Waals surface area contributed by atoms with Crippen LogP contribution in [0.1, 0.15) is 12.5 Å². The normalized spacial score (nSPS) is 11.7. The molecule has 0 aliphatic heterocycles. The number of rotatable bonds is 5. The number of carboxylic acid groups (broad SMARTS) is 1. The summed E-state index contributed by atoms with van der Waals surface area (Å²) < 4.78 is 0. The molecule has 2 amide bonds. The second-order valence-electron chi connectivity index (χ2n) is 4.40. The van der Waals surface area contributed by atoms with E-state index < -0.39 is 11.9 Å². The molecule has 1 rings (SSSR count). The van der Waals surface area contributed by atoms with Gasteiger partial charge in [0.1, 0.15) is 0 Å². The number of hydrogen-bond acceptors (Lipinski definition) is 2. The molecule has 0 aromatic heterocycles. The van der Waals surface area contributed by atoms with Crippen molar-refractivity contribution in [1.29, 1.82) is 0 Å². The van der Waals surface area contributed by atoms with Gasteiger partial charge in [-0.2, -0.15) is 0 Å². The molecule has 0 spiro atoms. The standard InChI is InChI=1S/C13H17ClN2O3/c1-9(12(17)18)8-16(2)13(19)15-7-10-3-5-11(14)6-4-10/h3-6,9H,7-8H2,1-2H3,(H,15,19)(H,17,18). The second kappa shape index (κ2) is 6.99. The molecule has 0 saturated carbocycles. The van der Waals surface area contributed by atoms with Crippen LogP contribution in [0.15, 0.2) is 24.3 Å². The van der Waals surface area contributed by atoms with Gasteiger partial charge in [0, 0.05) is 25.2 Å². The van der Waals surface area contributed by atoms with Crippen molar-refractivity contribution < 1.29 is 14.7 Å². The maximum atomic E-state index is 11.7. The minimum Gasteiger partial charge on any atom is -0.481 e. The number of nitrogens with zero attached hydrogens (tertiary/aromatic N) is 1. The van der Waals surface area contributed by atoms with Gasteiger partial charge in [0.2, 0.25) is 0 Å². The van der Waals surface area contributed by atoms with E-state index in [9.17, 15) is 9.59 Å². The van der Waals surface area contributed by atoms with Gasteiger partial charge in [-0.15, -0.1) is 0 Å². The first-order chi connectivity index (χ1) is 8.90. The van der Waals surface area contributed by atoms with Crippen LogP contribution in [0.5, 0.6) is 0 Å². The van der Waals surface area contributed by atoms with Gasteiger partial charge < -0.3 is 15.3 Å². The van der Waals surface area contributed by atoms with E-state index in [2.05, 4.69) is 5.32 Å². The fourth-order valence-corrected chi connectivity index (χ4v) is 1.61. The zero-order valence-corrected chi connectivity index (χ0v) is 11.6. The van der Waals surface area contributed by atoms with Gasteiger partial charge in [-0.1, -0.05) is 30.7 Å². The highest BCUT2D eigenvalue weighted by molar-refractivity contribution is 6.30. The first-order valence-electron chi connectivity index (χ1n) is 5.86. The van der Waals surface area contributed by atoms with Crippen LogP contribution in [0, 0.1) is 5.92 Å². The third kappa shape index (κ3) is 5.18. The van der Waals surface area contributed by atoms with E-state index in [-0.39, 0.29) is 12.6 Å². The molecule has 5 nitrogen and oxygen atoms in total. The van der Waals surface area contributed by atoms with Crippen molar-refractivity contribution in [3.63, 3.8) is 0 Å². The summed E-state index contributed by atoms with van der Waals surface area (Å²) in [5.74, 6) is -1.51. The number of amides is 2. The molecule has 0 fully saturated rings. The van der Waals surface area contributed by atoms with Crippen LogP contribution in [0.25, 0.3) is 0 Å². The van der Waals surface area contributed by atoms with Gasteiger partial charge in [-0.3, -0.25) is 4.79 Å². The lowest BCUT2D eigenvalue weighted by Crippen LogP contribution is -2.40. The number of carbonyl (C=O) groups excluding carboxylic acids is 1. The fraction of sp³-hybridized carbons (Fsp3) is 0.385. The minimum atomic E-state index is -0.919. The van der Waals surface area contributed by atoms with E-state index in [0.717, 1.165) is 5.56 Å². The molecule has 0 bridgehead atoms. The number of urea groups is 1. The van der Waals surface area contributed by atoms with Crippen LogP contribution in [-0.4, -0.2) is 35.6 Å². The van der Waals surface area contributed by atoms with E-state index >= 15 is 0 Å². The summed E-state index contributed by atoms with van der Waals surface area (Å²) in [6.07, 6.45) is 0. The Morgan fingerprint density at radius 2 is 1.95 bits per heavy atom. The Balaban J connectivity index is 2.42. The molecule has 1 aromatic rings. The lowest BCUT2D eigenvalue weighted by atomic mass is 10.2. The van der Waals surface area contributed by atoms with Crippen LogP contribution in [0.2, 0.25) is 5.02 Å². The maximum absolute atomic E-state index is 11.7. The first kappa shape index (κ1) is 15.3. The average Bonchev–Trinajstić information content (AvgIpc) is 2.37. The predicted molar refractivity (Wildman–Crippen MR) is 73.1 cm³/mol. The Kier molecular flexibility index (Phi) is 5.63. The molecule has 1 aromatic carbocycles. The van der Waals surface area contributed by atoms with Crippen LogP contribution in [-0.2, 0) is 11.3 Å². The van der Waals surface area contributed by atoms with Crippen molar-refractivity contribution in [1.82, 2.24) is 10.2 Å². The molecule has 2 N–H and O–H groups in total. The topological polar surface area (TPSA) is 69.6 Å². The molecule has 0 aliphatic carbocycles. The van der Waals surface area contributed by atoms with Crippen molar-refractivity contribution >= 4 is 23.6 Å². The number of aliphatic carboxylic acids is 1. The summed E-state index contributed by atoms with van der Waals surface area (Å²) in [5.41, 5.74) is 0.928. The summed E-state index contributed by atoms with van der Waals surface area (Å²) in [4.78, 5) is 23.8. The highest BCUT2D eigenvalue weighted by Gasteiger charge is 2.16. The van der Waals surface area contributed by atoms with Crippen molar-refractivity contribution in [3.8, 4) is 0 Å². The molecule has 1 atom stereocenters. The molecular formula is C13H17ClN2O3. The third-order valence-electron chi connectivity index (χ3n) is 2.67. The Morgan fingerprint density at radius 1 is 1.37 bits per heavy atom. The van der Waals surface area contributed by atoms with Crippen molar-refractivity contribution in [2.45, 2.75) is 13.5 Å². The summed E-state index contributed by atoms with van der Waals surface area (Å²) >= 11 is 5.76. The van der Waals surface area contributed by atoms with E-state index in [0.29, 0.717) is 11.6 Å². The molecule has 0 heterocycles. The lowest BCUT2D eigenvalue weighted by molar-refractivity contribution is -0.141. The van der Waals surface area contributed by atoms with E-state index in [4.69, 9.17) is 16.7 Å². The summed E-state index contributed by atoms with van der Waals surface area (Å²) in [6.45, 7) is 2.11. The molecule has 1 unspecified atom stereocenters. The highest BCUT2D eigenvalue weighted by atomic mass is 35.5. The Hall–Kier alpha value is -1.75. The average molecular weight is 285 g/mol. The Labute approximate surface area is 117 Å².